The zero-order valence-electron chi connectivity index (χ0n) is 9.37. The van der Waals surface area contributed by atoms with Crippen LogP contribution in [0.5, 0.6) is 0 Å². The molecule has 1 rings (SSSR count). The van der Waals surface area contributed by atoms with Gasteiger partial charge in [0, 0.05) is 13.2 Å². The number of ether oxygens (including phenoxy) is 1. The van der Waals surface area contributed by atoms with Gasteiger partial charge >= 0.3 is 0 Å². The van der Waals surface area contributed by atoms with E-state index in [1.165, 1.54) is 38.8 Å². The van der Waals surface area contributed by atoms with Crippen molar-refractivity contribution in [2.24, 2.45) is 0 Å². The second kappa shape index (κ2) is 8.01. The second-order valence-corrected chi connectivity index (χ2v) is 3.91. The first-order valence-electron chi connectivity index (χ1n) is 5.88. The molecule has 0 N–H and O–H groups in total. The SMILES string of the molecule is CCCCOC/C=C\CN1CCCC1. The summed E-state index contributed by atoms with van der Waals surface area (Å²) in [6.45, 7) is 7.55. The van der Waals surface area contributed by atoms with E-state index >= 15 is 0 Å². The molecule has 0 amide bonds. The van der Waals surface area contributed by atoms with E-state index in [0.29, 0.717) is 0 Å². The van der Waals surface area contributed by atoms with Gasteiger partial charge in [0.05, 0.1) is 6.61 Å². The van der Waals surface area contributed by atoms with Gasteiger partial charge in [-0.1, -0.05) is 25.5 Å². The van der Waals surface area contributed by atoms with Crippen LogP contribution in [0.15, 0.2) is 12.2 Å². The fraction of sp³-hybridized carbons (Fsp3) is 0.833. The van der Waals surface area contributed by atoms with Gasteiger partial charge in [0.25, 0.3) is 0 Å². The molecule has 0 atom stereocenters. The molecular weight excluding hydrogens is 174 g/mol. The smallest absolute Gasteiger partial charge is 0.0647 e. The van der Waals surface area contributed by atoms with Crippen LogP contribution >= 0.6 is 0 Å². The number of likely N-dealkylation sites (tertiary alicyclic amines) is 1. The van der Waals surface area contributed by atoms with Gasteiger partial charge in [0.1, 0.15) is 0 Å². The topological polar surface area (TPSA) is 12.5 Å². The highest BCUT2D eigenvalue weighted by Crippen LogP contribution is 2.06. The highest BCUT2D eigenvalue weighted by molar-refractivity contribution is 4.86. The van der Waals surface area contributed by atoms with Crippen molar-refractivity contribution in [1.82, 2.24) is 4.90 Å². The molecule has 1 saturated heterocycles. The Kier molecular flexibility index (Phi) is 6.71. The van der Waals surface area contributed by atoms with E-state index in [1.807, 2.05) is 0 Å². The Morgan fingerprint density at radius 2 is 2.00 bits per heavy atom. The predicted molar refractivity (Wildman–Crippen MR) is 60.5 cm³/mol. The standard InChI is InChI=1S/C12H23NO/c1-2-3-11-14-12-7-6-10-13-8-4-5-9-13/h6-7H,2-5,8-12H2,1H3/b7-6-. The molecule has 1 aliphatic heterocycles. The summed E-state index contributed by atoms with van der Waals surface area (Å²) in [6, 6.07) is 0. The lowest BCUT2D eigenvalue weighted by Crippen LogP contribution is -2.18. The van der Waals surface area contributed by atoms with Crippen molar-refractivity contribution in [1.29, 1.82) is 0 Å². The van der Waals surface area contributed by atoms with Crippen molar-refractivity contribution in [2.45, 2.75) is 32.6 Å². The molecular formula is C12H23NO. The number of rotatable bonds is 7. The molecule has 1 fully saturated rings. The van der Waals surface area contributed by atoms with Crippen LogP contribution in [0.25, 0.3) is 0 Å². The maximum absolute atomic E-state index is 5.43. The highest BCUT2D eigenvalue weighted by atomic mass is 16.5. The van der Waals surface area contributed by atoms with Crippen LogP contribution in [0.1, 0.15) is 32.6 Å². The summed E-state index contributed by atoms with van der Waals surface area (Å²) in [5, 5.41) is 0. The first kappa shape index (κ1) is 11.7. The van der Waals surface area contributed by atoms with Crippen molar-refractivity contribution >= 4 is 0 Å². The third-order valence-electron chi connectivity index (χ3n) is 2.59. The summed E-state index contributed by atoms with van der Waals surface area (Å²) in [6.07, 6.45) is 9.53. The van der Waals surface area contributed by atoms with Gasteiger partial charge in [-0.2, -0.15) is 0 Å². The fourth-order valence-electron chi connectivity index (χ4n) is 1.65. The lowest BCUT2D eigenvalue weighted by Gasteiger charge is -2.10. The normalized spacial score (nSPS) is 18.4. The summed E-state index contributed by atoms with van der Waals surface area (Å²) in [5.74, 6) is 0. The van der Waals surface area contributed by atoms with Gasteiger partial charge in [-0.15, -0.1) is 0 Å². The van der Waals surface area contributed by atoms with Crippen LogP contribution in [-0.2, 0) is 4.74 Å². The lowest BCUT2D eigenvalue weighted by molar-refractivity contribution is 0.158. The van der Waals surface area contributed by atoms with Crippen molar-refractivity contribution in [3.05, 3.63) is 12.2 Å². The van der Waals surface area contributed by atoms with Crippen LogP contribution in [0.4, 0.5) is 0 Å². The average Bonchev–Trinajstić information content (AvgIpc) is 2.69. The summed E-state index contributed by atoms with van der Waals surface area (Å²) in [4.78, 5) is 2.49. The van der Waals surface area contributed by atoms with Gasteiger partial charge in [0.2, 0.25) is 0 Å². The van der Waals surface area contributed by atoms with E-state index in [0.717, 1.165) is 19.8 Å². The first-order chi connectivity index (χ1) is 6.93. The van der Waals surface area contributed by atoms with Crippen molar-refractivity contribution in [3.63, 3.8) is 0 Å². The molecule has 2 heteroatoms. The first-order valence-corrected chi connectivity index (χ1v) is 5.88. The van der Waals surface area contributed by atoms with E-state index < -0.39 is 0 Å². The lowest BCUT2D eigenvalue weighted by atomic mass is 10.4. The number of nitrogens with zero attached hydrogens (tertiary/aromatic N) is 1. The molecule has 0 aromatic rings. The van der Waals surface area contributed by atoms with E-state index in [4.69, 9.17) is 4.74 Å². The largest absolute Gasteiger partial charge is 0.377 e. The molecule has 0 aliphatic carbocycles. The number of unbranched alkanes of at least 4 members (excludes halogenated alkanes) is 1. The molecule has 1 heterocycles. The van der Waals surface area contributed by atoms with E-state index in [2.05, 4.69) is 24.0 Å². The van der Waals surface area contributed by atoms with Crippen LogP contribution < -0.4 is 0 Å². The van der Waals surface area contributed by atoms with Gasteiger partial charge in [-0.05, 0) is 32.4 Å². The van der Waals surface area contributed by atoms with Crippen molar-refractivity contribution in [2.75, 3.05) is 32.8 Å². The van der Waals surface area contributed by atoms with E-state index in [9.17, 15) is 0 Å². The van der Waals surface area contributed by atoms with Crippen LogP contribution in [0, 0.1) is 0 Å². The van der Waals surface area contributed by atoms with Crippen molar-refractivity contribution in [3.8, 4) is 0 Å². The Morgan fingerprint density at radius 1 is 1.21 bits per heavy atom. The van der Waals surface area contributed by atoms with Gasteiger partial charge < -0.3 is 4.74 Å². The van der Waals surface area contributed by atoms with Gasteiger partial charge in [-0.3, -0.25) is 4.90 Å². The molecule has 2 nitrogen and oxygen atoms in total. The number of hydrogen-bond donors (Lipinski definition) is 0. The van der Waals surface area contributed by atoms with E-state index in [-0.39, 0.29) is 0 Å². The van der Waals surface area contributed by atoms with Gasteiger partial charge in [0.15, 0.2) is 0 Å². The molecule has 0 aromatic heterocycles. The van der Waals surface area contributed by atoms with Gasteiger partial charge in [-0.25, -0.2) is 0 Å². The summed E-state index contributed by atoms with van der Waals surface area (Å²) >= 11 is 0. The average molecular weight is 197 g/mol. The molecule has 14 heavy (non-hydrogen) atoms. The minimum atomic E-state index is 0.786. The summed E-state index contributed by atoms with van der Waals surface area (Å²) in [7, 11) is 0. The highest BCUT2D eigenvalue weighted by Gasteiger charge is 2.08. The zero-order chi connectivity index (χ0) is 10.1. The second-order valence-electron chi connectivity index (χ2n) is 3.91. The Balaban J connectivity index is 1.87. The molecule has 0 spiro atoms. The maximum Gasteiger partial charge on any atom is 0.0647 e. The van der Waals surface area contributed by atoms with Crippen molar-refractivity contribution < 1.29 is 4.74 Å². The quantitative estimate of drug-likeness (QED) is 0.459. The van der Waals surface area contributed by atoms with Crippen LogP contribution in [0.2, 0.25) is 0 Å². The minimum Gasteiger partial charge on any atom is -0.377 e. The third kappa shape index (κ3) is 5.40. The summed E-state index contributed by atoms with van der Waals surface area (Å²) < 4.78 is 5.43. The number of hydrogen-bond acceptors (Lipinski definition) is 2. The Morgan fingerprint density at radius 3 is 2.71 bits per heavy atom. The molecule has 0 saturated carbocycles. The molecule has 82 valence electrons. The predicted octanol–water partition coefficient (Wildman–Crippen LogP) is 2.46. The minimum absolute atomic E-state index is 0.786. The Labute approximate surface area is 87.9 Å². The van der Waals surface area contributed by atoms with Crippen LogP contribution in [-0.4, -0.2) is 37.7 Å². The molecule has 0 aromatic carbocycles. The Bertz CT molecular complexity index is 150. The molecule has 1 aliphatic rings. The zero-order valence-corrected chi connectivity index (χ0v) is 9.37. The molecule has 0 unspecified atom stereocenters. The Hall–Kier alpha value is -0.340. The maximum atomic E-state index is 5.43. The van der Waals surface area contributed by atoms with Crippen LogP contribution in [0.3, 0.4) is 0 Å². The molecule has 0 radical (unpaired) electrons. The fourth-order valence-corrected chi connectivity index (χ4v) is 1.65. The third-order valence-corrected chi connectivity index (χ3v) is 2.59. The van der Waals surface area contributed by atoms with E-state index in [1.54, 1.807) is 0 Å². The molecule has 0 bridgehead atoms. The summed E-state index contributed by atoms with van der Waals surface area (Å²) in [5.41, 5.74) is 0. The monoisotopic (exact) mass is 197 g/mol.